The van der Waals surface area contributed by atoms with Crippen molar-refractivity contribution in [3.05, 3.63) is 29.7 Å². The standard InChI is InChI=1S/C15H20N6O/c1-9-6-16-8-13(18-9)17-7-11-4-5-12(22-11)15-19-14(20-21-15)10-2-3-10/h6,8,10-12H,2-5,7H2,1H3,(H,17,18)(H,19,20,21)/t11-,12+/m1/s1. The first-order valence-electron chi connectivity index (χ1n) is 7.88. The Bertz CT molecular complexity index is 653. The van der Waals surface area contributed by atoms with Crippen molar-refractivity contribution < 1.29 is 4.74 Å². The summed E-state index contributed by atoms with van der Waals surface area (Å²) in [4.78, 5) is 13.1. The average Bonchev–Trinajstić information content (AvgIpc) is 3.07. The van der Waals surface area contributed by atoms with Crippen LogP contribution >= 0.6 is 0 Å². The van der Waals surface area contributed by atoms with Crippen LogP contribution in [0.15, 0.2) is 12.4 Å². The molecule has 2 atom stereocenters. The van der Waals surface area contributed by atoms with Gasteiger partial charge in [-0.3, -0.25) is 10.1 Å². The fourth-order valence-electron chi connectivity index (χ4n) is 2.78. The minimum atomic E-state index is 0.0374. The summed E-state index contributed by atoms with van der Waals surface area (Å²) < 4.78 is 6.07. The van der Waals surface area contributed by atoms with E-state index in [1.807, 2.05) is 6.92 Å². The maximum absolute atomic E-state index is 6.07. The zero-order chi connectivity index (χ0) is 14.9. The first-order valence-corrected chi connectivity index (χ1v) is 7.88. The lowest BCUT2D eigenvalue weighted by Crippen LogP contribution is -2.20. The van der Waals surface area contributed by atoms with Crippen molar-refractivity contribution in [3.63, 3.8) is 0 Å². The molecule has 2 aliphatic rings. The minimum absolute atomic E-state index is 0.0374. The first-order chi connectivity index (χ1) is 10.8. The van der Waals surface area contributed by atoms with E-state index in [1.165, 1.54) is 12.8 Å². The number of aryl methyl sites for hydroxylation is 1. The SMILES string of the molecule is Cc1cncc(NC[C@H]2CC[C@@H](c3nc(C4CC4)n[nH]3)O2)n1. The lowest BCUT2D eigenvalue weighted by molar-refractivity contribution is 0.0471. The molecule has 0 unspecified atom stereocenters. The zero-order valence-corrected chi connectivity index (χ0v) is 12.6. The Morgan fingerprint density at radius 1 is 1.23 bits per heavy atom. The molecule has 2 fully saturated rings. The highest BCUT2D eigenvalue weighted by atomic mass is 16.5. The van der Waals surface area contributed by atoms with Crippen molar-refractivity contribution in [2.45, 2.75) is 50.7 Å². The molecule has 0 aromatic carbocycles. The van der Waals surface area contributed by atoms with E-state index >= 15 is 0 Å². The van der Waals surface area contributed by atoms with Crippen LogP contribution in [0.25, 0.3) is 0 Å². The number of ether oxygens (including phenoxy) is 1. The van der Waals surface area contributed by atoms with Crippen molar-refractivity contribution in [1.82, 2.24) is 25.1 Å². The summed E-state index contributed by atoms with van der Waals surface area (Å²) in [6.07, 6.45) is 8.10. The van der Waals surface area contributed by atoms with E-state index in [-0.39, 0.29) is 12.2 Å². The number of hydrogen-bond donors (Lipinski definition) is 2. The molecule has 1 saturated heterocycles. The second-order valence-corrected chi connectivity index (χ2v) is 6.10. The molecule has 22 heavy (non-hydrogen) atoms. The van der Waals surface area contributed by atoms with Crippen LogP contribution in [0.4, 0.5) is 5.82 Å². The molecule has 2 aromatic heterocycles. The number of nitrogens with zero attached hydrogens (tertiary/aromatic N) is 4. The first kappa shape index (κ1) is 13.6. The van der Waals surface area contributed by atoms with E-state index < -0.39 is 0 Å². The van der Waals surface area contributed by atoms with Gasteiger partial charge < -0.3 is 10.1 Å². The molecule has 2 aromatic rings. The summed E-state index contributed by atoms with van der Waals surface area (Å²) >= 11 is 0. The summed E-state index contributed by atoms with van der Waals surface area (Å²) in [5.74, 6) is 3.20. The van der Waals surface area contributed by atoms with Gasteiger partial charge in [-0.25, -0.2) is 9.97 Å². The molecule has 1 saturated carbocycles. The number of rotatable bonds is 5. The molecular weight excluding hydrogens is 280 g/mol. The monoisotopic (exact) mass is 300 g/mol. The summed E-state index contributed by atoms with van der Waals surface area (Å²) in [5, 5.41) is 10.6. The van der Waals surface area contributed by atoms with Crippen LogP contribution in [0.3, 0.4) is 0 Å². The van der Waals surface area contributed by atoms with E-state index in [0.717, 1.165) is 42.5 Å². The van der Waals surface area contributed by atoms with Gasteiger partial charge in [0, 0.05) is 18.7 Å². The molecule has 0 amide bonds. The van der Waals surface area contributed by atoms with Gasteiger partial charge in [0.2, 0.25) is 0 Å². The van der Waals surface area contributed by atoms with E-state index in [1.54, 1.807) is 12.4 Å². The van der Waals surface area contributed by atoms with Crippen LogP contribution in [0, 0.1) is 6.92 Å². The number of aromatic nitrogens is 5. The summed E-state index contributed by atoms with van der Waals surface area (Å²) in [7, 11) is 0. The number of aromatic amines is 1. The largest absolute Gasteiger partial charge is 0.366 e. The lowest BCUT2D eigenvalue weighted by Gasteiger charge is -2.13. The highest BCUT2D eigenvalue weighted by Gasteiger charge is 2.32. The summed E-state index contributed by atoms with van der Waals surface area (Å²) in [6.45, 7) is 2.67. The summed E-state index contributed by atoms with van der Waals surface area (Å²) in [6, 6.07) is 0. The van der Waals surface area contributed by atoms with Gasteiger partial charge in [-0.1, -0.05) is 0 Å². The quantitative estimate of drug-likeness (QED) is 0.879. The van der Waals surface area contributed by atoms with Crippen LogP contribution in [0.2, 0.25) is 0 Å². The van der Waals surface area contributed by atoms with Crippen LogP contribution in [0.5, 0.6) is 0 Å². The van der Waals surface area contributed by atoms with Gasteiger partial charge in [-0.05, 0) is 32.6 Å². The van der Waals surface area contributed by atoms with Gasteiger partial charge in [-0.15, -0.1) is 0 Å². The maximum Gasteiger partial charge on any atom is 0.153 e. The van der Waals surface area contributed by atoms with Gasteiger partial charge in [0.25, 0.3) is 0 Å². The van der Waals surface area contributed by atoms with E-state index in [2.05, 4.69) is 30.5 Å². The third kappa shape index (κ3) is 2.94. The topological polar surface area (TPSA) is 88.6 Å². The summed E-state index contributed by atoms with van der Waals surface area (Å²) in [5.41, 5.74) is 0.907. The molecule has 3 heterocycles. The van der Waals surface area contributed by atoms with E-state index in [9.17, 15) is 0 Å². The Hall–Kier alpha value is -2.02. The Labute approximate surface area is 128 Å². The van der Waals surface area contributed by atoms with Crippen molar-refractivity contribution in [3.8, 4) is 0 Å². The Balaban J connectivity index is 1.31. The van der Waals surface area contributed by atoms with Gasteiger partial charge >= 0.3 is 0 Å². The van der Waals surface area contributed by atoms with Crippen molar-refractivity contribution in [2.24, 2.45) is 0 Å². The smallest absolute Gasteiger partial charge is 0.153 e. The fraction of sp³-hybridized carbons (Fsp3) is 0.600. The number of anilines is 1. The second kappa shape index (κ2) is 5.64. The molecule has 116 valence electrons. The molecule has 1 aliphatic carbocycles. The number of nitrogens with one attached hydrogen (secondary N) is 2. The fourth-order valence-corrected chi connectivity index (χ4v) is 2.78. The zero-order valence-electron chi connectivity index (χ0n) is 12.6. The predicted molar refractivity (Wildman–Crippen MR) is 80.5 cm³/mol. The molecule has 1 aliphatic heterocycles. The van der Waals surface area contributed by atoms with Gasteiger partial charge in [0.05, 0.1) is 18.0 Å². The molecule has 4 rings (SSSR count). The van der Waals surface area contributed by atoms with Crippen LogP contribution in [-0.4, -0.2) is 37.8 Å². The number of H-pyrrole nitrogens is 1. The second-order valence-electron chi connectivity index (χ2n) is 6.10. The molecule has 0 spiro atoms. The van der Waals surface area contributed by atoms with Gasteiger partial charge in [0.15, 0.2) is 11.6 Å². The highest BCUT2D eigenvalue weighted by Crippen LogP contribution is 2.39. The van der Waals surface area contributed by atoms with Crippen molar-refractivity contribution >= 4 is 5.82 Å². The third-order valence-corrected chi connectivity index (χ3v) is 4.14. The molecule has 0 radical (unpaired) electrons. The lowest BCUT2D eigenvalue weighted by atomic mass is 10.2. The van der Waals surface area contributed by atoms with Gasteiger partial charge in [-0.2, -0.15) is 5.10 Å². The highest BCUT2D eigenvalue weighted by molar-refractivity contribution is 5.31. The molecule has 0 bridgehead atoms. The normalized spacial score (nSPS) is 24.6. The Morgan fingerprint density at radius 3 is 2.95 bits per heavy atom. The molecular formula is C15H20N6O. The molecule has 2 N–H and O–H groups in total. The third-order valence-electron chi connectivity index (χ3n) is 4.14. The van der Waals surface area contributed by atoms with Crippen LogP contribution < -0.4 is 5.32 Å². The van der Waals surface area contributed by atoms with E-state index in [4.69, 9.17) is 4.74 Å². The van der Waals surface area contributed by atoms with Crippen LogP contribution in [-0.2, 0) is 4.74 Å². The Morgan fingerprint density at radius 2 is 2.14 bits per heavy atom. The van der Waals surface area contributed by atoms with E-state index in [0.29, 0.717) is 5.92 Å². The van der Waals surface area contributed by atoms with Crippen LogP contribution in [0.1, 0.15) is 55.0 Å². The average molecular weight is 300 g/mol. The van der Waals surface area contributed by atoms with Crippen molar-refractivity contribution in [1.29, 1.82) is 0 Å². The molecule has 7 heteroatoms. The Kier molecular flexibility index (Phi) is 3.49. The molecule has 7 nitrogen and oxygen atoms in total. The predicted octanol–water partition coefficient (Wildman–Crippen LogP) is 2.11. The minimum Gasteiger partial charge on any atom is -0.366 e. The van der Waals surface area contributed by atoms with Crippen molar-refractivity contribution in [2.75, 3.05) is 11.9 Å². The maximum atomic E-state index is 6.07. The van der Waals surface area contributed by atoms with Gasteiger partial charge in [0.1, 0.15) is 11.9 Å². The number of hydrogen-bond acceptors (Lipinski definition) is 6.